The molecular formula is C21H32FN3O4. The van der Waals surface area contributed by atoms with Gasteiger partial charge >= 0.3 is 0 Å². The zero-order chi connectivity index (χ0) is 20.6. The Labute approximate surface area is 171 Å². The highest BCUT2D eigenvalue weighted by molar-refractivity contribution is 5.93. The number of hydrogen-bond acceptors (Lipinski definition) is 6. The number of halogens is 1. The lowest BCUT2D eigenvalue weighted by molar-refractivity contribution is 0.0541. The molecule has 1 N–H and O–H groups in total. The van der Waals surface area contributed by atoms with Crippen molar-refractivity contribution in [2.24, 2.45) is 5.92 Å². The SMILES string of the molecule is CC[C@@H](CCCOCF)NC(=O)c1ccc(N2CC(OC)C2)c(OCC2CC2)n1. The molecule has 29 heavy (non-hydrogen) atoms. The molecule has 0 spiro atoms. The van der Waals surface area contributed by atoms with Crippen LogP contribution in [0.15, 0.2) is 12.1 Å². The minimum Gasteiger partial charge on any atom is -0.476 e. The van der Waals surface area contributed by atoms with Crippen LogP contribution in [-0.2, 0) is 9.47 Å². The van der Waals surface area contributed by atoms with E-state index in [1.807, 2.05) is 13.0 Å². The topological polar surface area (TPSA) is 72.9 Å². The van der Waals surface area contributed by atoms with E-state index in [1.165, 1.54) is 12.8 Å². The number of alkyl halides is 1. The molecule has 1 atom stereocenters. The molecule has 0 radical (unpaired) electrons. The van der Waals surface area contributed by atoms with Crippen LogP contribution in [0.4, 0.5) is 10.1 Å². The highest BCUT2D eigenvalue weighted by Crippen LogP contribution is 2.34. The molecule has 2 heterocycles. The van der Waals surface area contributed by atoms with Crippen LogP contribution < -0.4 is 15.0 Å². The van der Waals surface area contributed by atoms with Crippen molar-refractivity contribution < 1.29 is 23.4 Å². The molecule has 0 aromatic carbocycles. The summed E-state index contributed by atoms with van der Waals surface area (Å²) in [5.41, 5.74) is 1.26. The Bertz CT molecular complexity index is 665. The molecule has 1 aromatic rings. The maximum absolute atomic E-state index is 12.7. The van der Waals surface area contributed by atoms with Gasteiger partial charge in [-0.1, -0.05) is 6.92 Å². The van der Waals surface area contributed by atoms with Gasteiger partial charge in [-0.05, 0) is 50.2 Å². The first-order chi connectivity index (χ1) is 14.1. The standard InChI is InChI=1S/C21H32FN3O4/c1-3-16(5-4-10-28-14-22)23-20(26)18-8-9-19(25-11-17(12-25)27-2)21(24-18)29-13-15-6-7-15/h8-9,15-17H,3-7,10-14H2,1-2H3,(H,23,26)/t16-/m0/s1. The number of hydrogen-bond donors (Lipinski definition) is 1. The maximum atomic E-state index is 12.7. The highest BCUT2D eigenvalue weighted by Gasteiger charge is 2.31. The first-order valence-corrected chi connectivity index (χ1v) is 10.5. The lowest BCUT2D eigenvalue weighted by atomic mass is 10.1. The van der Waals surface area contributed by atoms with Crippen LogP contribution in [0.25, 0.3) is 0 Å². The number of anilines is 1. The van der Waals surface area contributed by atoms with Crippen molar-refractivity contribution >= 4 is 11.6 Å². The van der Waals surface area contributed by atoms with Crippen molar-refractivity contribution in [1.82, 2.24) is 10.3 Å². The molecule has 1 saturated heterocycles. The molecule has 7 nitrogen and oxygen atoms in total. The van der Waals surface area contributed by atoms with E-state index in [4.69, 9.17) is 14.2 Å². The summed E-state index contributed by atoms with van der Waals surface area (Å²) in [6, 6.07) is 3.65. The lowest BCUT2D eigenvalue weighted by Gasteiger charge is -2.40. The van der Waals surface area contributed by atoms with Crippen LogP contribution in [0.2, 0.25) is 0 Å². The molecule has 8 heteroatoms. The molecule has 1 amide bonds. The predicted octanol–water partition coefficient (Wildman–Crippen LogP) is 2.94. The Morgan fingerprint density at radius 3 is 2.83 bits per heavy atom. The van der Waals surface area contributed by atoms with Gasteiger partial charge in [0.2, 0.25) is 5.88 Å². The van der Waals surface area contributed by atoms with Crippen molar-refractivity contribution in [3.63, 3.8) is 0 Å². The molecule has 162 valence electrons. The summed E-state index contributed by atoms with van der Waals surface area (Å²) >= 11 is 0. The Morgan fingerprint density at radius 2 is 2.17 bits per heavy atom. The second-order valence-corrected chi connectivity index (χ2v) is 7.78. The summed E-state index contributed by atoms with van der Waals surface area (Å²) in [5.74, 6) is 0.897. The van der Waals surface area contributed by atoms with Gasteiger partial charge in [0, 0.05) is 32.8 Å². The summed E-state index contributed by atoms with van der Waals surface area (Å²) < 4.78 is 28.1. The fraction of sp³-hybridized carbons (Fsp3) is 0.714. The third-order valence-corrected chi connectivity index (χ3v) is 5.49. The quantitative estimate of drug-likeness (QED) is 0.505. The fourth-order valence-corrected chi connectivity index (χ4v) is 3.30. The van der Waals surface area contributed by atoms with Crippen molar-refractivity contribution in [2.75, 3.05) is 45.2 Å². The number of pyridine rings is 1. The largest absolute Gasteiger partial charge is 0.476 e. The van der Waals surface area contributed by atoms with Gasteiger partial charge in [0.1, 0.15) is 11.4 Å². The molecule has 1 saturated carbocycles. The third kappa shape index (κ3) is 6.27. The predicted molar refractivity (Wildman–Crippen MR) is 108 cm³/mol. The van der Waals surface area contributed by atoms with E-state index in [2.05, 4.69) is 15.2 Å². The number of carbonyl (C=O) groups is 1. The minimum atomic E-state index is -0.773. The molecule has 1 aliphatic heterocycles. The summed E-state index contributed by atoms with van der Waals surface area (Å²) in [5, 5.41) is 3.02. The molecule has 1 aliphatic carbocycles. The lowest BCUT2D eigenvalue weighted by Crippen LogP contribution is -2.52. The monoisotopic (exact) mass is 409 g/mol. The number of aromatic nitrogens is 1. The molecule has 1 aromatic heterocycles. The fourth-order valence-electron chi connectivity index (χ4n) is 3.30. The van der Waals surface area contributed by atoms with E-state index in [0.29, 0.717) is 37.1 Å². The Hall–Kier alpha value is -1.93. The molecule has 0 bridgehead atoms. The van der Waals surface area contributed by atoms with E-state index >= 15 is 0 Å². The smallest absolute Gasteiger partial charge is 0.270 e. The number of carbonyl (C=O) groups excluding carboxylic acids is 1. The van der Waals surface area contributed by atoms with Crippen LogP contribution in [0, 0.1) is 5.92 Å². The number of amides is 1. The first-order valence-electron chi connectivity index (χ1n) is 10.5. The van der Waals surface area contributed by atoms with E-state index in [0.717, 1.165) is 31.6 Å². The minimum absolute atomic E-state index is 0.000799. The molecule has 0 unspecified atom stereocenters. The van der Waals surface area contributed by atoms with Crippen LogP contribution in [-0.4, -0.2) is 63.3 Å². The average Bonchev–Trinajstić information content (AvgIpc) is 3.53. The van der Waals surface area contributed by atoms with Gasteiger partial charge in [0.05, 0.1) is 12.7 Å². The summed E-state index contributed by atoms with van der Waals surface area (Å²) in [6.45, 7) is 3.82. The molecule has 2 aliphatic rings. The van der Waals surface area contributed by atoms with Gasteiger partial charge in [0.15, 0.2) is 6.86 Å². The number of nitrogens with zero attached hydrogens (tertiary/aromatic N) is 2. The zero-order valence-corrected chi connectivity index (χ0v) is 17.4. The average molecular weight is 410 g/mol. The maximum Gasteiger partial charge on any atom is 0.270 e. The number of rotatable bonds is 13. The van der Waals surface area contributed by atoms with Gasteiger partial charge in [0.25, 0.3) is 5.91 Å². The van der Waals surface area contributed by atoms with E-state index in [1.54, 1.807) is 13.2 Å². The van der Waals surface area contributed by atoms with E-state index in [-0.39, 0.29) is 18.1 Å². The van der Waals surface area contributed by atoms with Crippen molar-refractivity contribution in [3.05, 3.63) is 17.8 Å². The number of ether oxygens (including phenoxy) is 3. The first kappa shape index (κ1) is 21.8. The van der Waals surface area contributed by atoms with E-state index in [9.17, 15) is 9.18 Å². The van der Waals surface area contributed by atoms with Crippen molar-refractivity contribution in [3.8, 4) is 5.88 Å². The van der Waals surface area contributed by atoms with Gasteiger partial charge in [-0.15, -0.1) is 0 Å². The van der Waals surface area contributed by atoms with Gasteiger partial charge < -0.3 is 24.4 Å². The molecule has 3 rings (SSSR count). The number of methoxy groups -OCH3 is 1. The van der Waals surface area contributed by atoms with Gasteiger partial charge in [-0.2, -0.15) is 0 Å². The number of nitrogens with one attached hydrogen (secondary N) is 1. The second kappa shape index (κ2) is 10.7. The Morgan fingerprint density at radius 1 is 1.38 bits per heavy atom. The summed E-state index contributed by atoms with van der Waals surface area (Å²) in [4.78, 5) is 19.4. The second-order valence-electron chi connectivity index (χ2n) is 7.78. The van der Waals surface area contributed by atoms with Gasteiger partial charge in [-0.3, -0.25) is 4.79 Å². The van der Waals surface area contributed by atoms with Crippen molar-refractivity contribution in [2.45, 2.75) is 51.2 Å². The third-order valence-electron chi connectivity index (χ3n) is 5.49. The molecular weight excluding hydrogens is 377 g/mol. The van der Waals surface area contributed by atoms with Gasteiger partial charge in [-0.25, -0.2) is 9.37 Å². The summed E-state index contributed by atoms with van der Waals surface area (Å²) in [6.07, 6.45) is 4.82. The van der Waals surface area contributed by atoms with Crippen LogP contribution >= 0.6 is 0 Å². The van der Waals surface area contributed by atoms with E-state index < -0.39 is 6.86 Å². The zero-order valence-electron chi connectivity index (χ0n) is 17.4. The van der Waals surface area contributed by atoms with Crippen LogP contribution in [0.3, 0.4) is 0 Å². The Kier molecular flexibility index (Phi) is 8.06. The highest BCUT2D eigenvalue weighted by atomic mass is 19.1. The van der Waals surface area contributed by atoms with Crippen molar-refractivity contribution in [1.29, 1.82) is 0 Å². The summed E-state index contributed by atoms with van der Waals surface area (Å²) in [7, 11) is 1.71. The van der Waals surface area contributed by atoms with Crippen LogP contribution in [0.1, 0.15) is 49.5 Å². The Balaban J connectivity index is 1.62. The van der Waals surface area contributed by atoms with Crippen LogP contribution in [0.5, 0.6) is 5.88 Å². The molecule has 2 fully saturated rings. The normalized spacial score (nSPS) is 17.7.